The number of amides is 1. The maximum atomic E-state index is 12.9. The SMILES string of the molecule is CCc1ccc2oc(C(=O)Nc3nc(-c4ccc(Br)cc4)c(CC)s3)c(C)c2c1. The molecule has 1 N–H and O–H groups in total. The van der Waals surface area contributed by atoms with E-state index >= 15 is 0 Å². The summed E-state index contributed by atoms with van der Waals surface area (Å²) in [6, 6.07) is 14.1. The molecule has 1 amide bonds. The maximum absolute atomic E-state index is 12.9. The van der Waals surface area contributed by atoms with Gasteiger partial charge < -0.3 is 4.42 Å². The van der Waals surface area contributed by atoms with Crippen LogP contribution in [0.4, 0.5) is 5.13 Å². The molecule has 0 aliphatic carbocycles. The van der Waals surface area contributed by atoms with Gasteiger partial charge in [0.25, 0.3) is 5.91 Å². The average molecular weight is 469 g/mol. The number of hydrogen-bond acceptors (Lipinski definition) is 4. The van der Waals surface area contributed by atoms with E-state index in [0.717, 1.165) is 50.0 Å². The molecular weight excluding hydrogens is 448 g/mol. The molecule has 2 aromatic carbocycles. The van der Waals surface area contributed by atoms with Gasteiger partial charge in [-0.1, -0.05) is 48.0 Å². The van der Waals surface area contributed by atoms with E-state index in [9.17, 15) is 4.79 Å². The van der Waals surface area contributed by atoms with Gasteiger partial charge in [0.15, 0.2) is 10.9 Å². The van der Waals surface area contributed by atoms with E-state index in [4.69, 9.17) is 4.42 Å². The maximum Gasteiger partial charge on any atom is 0.293 e. The molecule has 0 fully saturated rings. The van der Waals surface area contributed by atoms with Crippen LogP contribution in [0, 0.1) is 6.92 Å². The Morgan fingerprint density at radius 1 is 1.14 bits per heavy atom. The molecule has 2 aromatic heterocycles. The quantitative estimate of drug-likeness (QED) is 0.342. The summed E-state index contributed by atoms with van der Waals surface area (Å²) in [5, 5.41) is 4.50. The van der Waals surface area contributed by atoms with Crippen molar-refractivity contribution in [3.63, 3.8) is 0 Å². The van der Waals surface area contributed by atoms with Crippen molar-refractivity contribution < 1.29 is 9.21 Å². The van der Waals surface area contributed by atoms with Crippen molar-refractivity contribution in [2.24, 2.45) is 0 Å². The summed E-state index contributed by atoms with van der Waals surface area (Å²) < 4.78 is 6.88. The first kappa shape index (κ1) is 19.9. The molecule has 0 bridgehead atoms. The number of benzene rings is 2. The van der Waals surface area contributed by atoms with Crippen molar-refractivity contribution in [2.45, 2.75) is 33.6 Å². The number of halogens is 1. The fourth-order valence-electron chi connectivity index (χ4n) is 3.34. The summed E-state index contributed by atoms with van der Waals surface area (Å²) in [4.78, 5) is 18.7. The third-order valence-electron chi connectivity index (χ3n) is 4.97. The number of thiazole rings is 1. The van der Waals surface area contributed by atoms with Crippen LogP contribution in [0.15, 0.2) is 51.4 Å². The number of rotatable bonds is 5. The number of nitrogens with zero attached hydrogens (tertiary/aromatic N) is 1. The second kappa shape index (κ2) is 8.13. The molecule has 0 aliphatic rings. The van der Waals surface area contributed by atoms with Crippen molar-refractivity contribution in [1.29, 1.82) is 0 Å². The Kier molecular flexibility index (Phi) is 5.56. The van der Waals surface area contributed by atoms with Gasteiger partial charge in [0.1, 0.15) is 5.58 Å². The molecule has 148 valence electrons. The summed E-state index contributed by atoms with van der Waals surface area (Å²) in [5.74, 6) is 0.0715. The van der Waals surface area contributed by atoms with Crippen molar-refractivity contribution in [2.75, 3.05) is 5.32 Å². The molecule has 0 aliphatic heterocycles. The lowest BCUT2D eigenvalue weighted by Crippen LogP contribution is -2.11. The van der Waals surface area contributed by atoms with Gasteiger partial charge in [-0.3, -0.25) is 10.1 Å². The van der Waals surface area contributed by atoms with Gasteiger partial charge in [0.05, 0.1) is 5.69 Å². The van der Waals surface area contributed by atoms with E-state index in [2.05, 4.69) is 46.1 Å². The van der Waals surface area contributed by atoms with Crippen LogP contribution in [-0.4, -0.2) is 10.9 Å². The van der Waals surface area contributed by atoms with Crippen molar-refractivity contribution in [3.8, 4) is 11.3 Å². The van der Waals surface area contributed by atoms with E-state index in [-0.39, 0.29) is 5.91 Å². The highest BCUT2D eigenvalue weighted by Crippen LogP contribution is 2.33. The van der Waals surface area contributed by atoms with Crippen LogP contribution in [0.1, 0.15) is 40.4 Å². The third kappa shape index (κ3) is 3.87. The average Bonchev–Trinajstić information content (AvgIpc) is 3.29. The minimum atomic E-state index is -0.268. The summed E-state index contributed by atoms with van der Waals surface area (Å²) in [7, 11) is 0. The third-order valence-corrected chi connectivity index (χ3v) is 6.62. The Morgan fingerprint density at radius 2 is 1.90 bits per heavy atom. The van der Waals surface area contributed by atoms with E-state index in [0.29, 0.717) is 10.9 Å². The minimum Gasteiger partial charge on any atom is -0.451 e. The zero-order valence-corrected chi connectivity index (χ0v) is 18.9. The van der Waals surface area contributed by atoms with Gasteiger partial charge in [-0.15, -0.1) is 11.3 Å². The lowest BCUT2D eigenvalue weighted by molar-refractivity contribution is 0.0998. The zero-order chi connectivity index (χ0) is 20.5. The molecule has 4 nitrogen and oxygen atoms in total. The second-order valence-corrected chi connectivity index (χ2v) is 8.84. The first-order chi connectivity index (χ1) is 14.0. The Morgan fingerprint density at radius 3 is 2.59 bits per heavy atom. The van der Waals surface area contributed by atoms with Gasteiger partial charge in [0.2, 0.25) is 0 Å². The van der Waals surface area contributed by atoms with E-state index < -0.39 is 0 Å². The van der Waals surface area contributed by atoms with E-state index in [1.807, 2.05) is 43.3 Å². The standard InChI is InChI=1S/C23H21BrN2O2S/c1-4-14-6-11-18-17(12-14)13(3)21(28-18)22(27)26-23-25-20(19(5-2)29-23)15-7-9-16(24)10-8-15/h6-12H,4-5H2,1-3H3,(H,25,26,27). The summed E-state index contributed by atoms with van der Waals surface area (Å²) in [6.45, 7) is 6.13. The Bertz CT molecular complexity index is 1190. The lowest BCUT2D eigenvalue weighted by Gasteiger charge is -2.00. The number of nitrogens with one attached hydrogen (secondary N) is 1. The second-order valence-electron chi connectivity index (χ2n) is 6.85. The largest absolute Gasteiger partial charge is 0.451 e. The topological polar surface area (TPSA) is 55.1 Å². The van der Waals surface area contributed by atoms with E-state index in [1.165, 1.54) is 16.9 Å². The number of aromatic nitrogens is 1. The van der Waals surface area contributed by atoms with Crippen LogP contribution < -0.4 is 5.32 Å². The molecule has 0 radical (unpaired) electrons. The highest BCUT2D eigenvalue weighted by atomic mass is 79.9. The molecule has 0 saturated carbocycles. The highest BCUT2D eigenvalue weighted by Gasteiger charge is 2.20. The molecule has 0 saturated heterocycles. The highest BCUT2D eigenvalue weighted by molar-refractivity contribution is 9.10. The van der Waals surface area contributed by atoms with Gasteiger partial charge in [0, 0.05) is 25.9 Å². The Labute approximate surface area is 182 Å². The van der Waals surface area contributed by atoms with Crippen LogP contribution in [-0.2, 0) is 12.8 Å². The van der Waals surface area contributed by atoms with Gasteiger partial charge in [-0.25, -0.2) is 4.98 Å². The predicted octanol–water partition coefficient (Wildman–Crippen LogP) is 7.00. The van der Waals surface area contributed by atoms with Crippen LogP contribution in [0.2, 0.25) is 0 Å². The predicted molar refractivity (Wildman–Crippen MR) is 123 cm³/mol. The monoisotopic (exact) mass is 468 g/mol. The van der Waals surface area contributed by atoms with Crippen LogP contribution in [0.5, 0.6) is 0 Å². The zero-order valence-electron chi connectivity index (χ0n) is 16.5. The number of furan rings is 1. The Balaban J connectivity index is 1.64. The van der Waals surface area contributed by atoms with Crippen molar-refractivity contribution in [1.82, 2.24) is 4.98 Å². The van der Waals surface area contributed by atoms with Gasteiger partial charge in [-0.05, 0) is 49.6 Å². The first-order valence-corrected chi connectivity index (χ1v) is 11.2. The summed E-state index contributed by atoms with van der Waals surface area (Å²) in [6.07, 6.45) is 1.79. The van der Waals surface area contributed by atoms with Crippen molar-refractivity contribution in [3.05, 3.63) is 68.7 Å². The smallest absolute Gasteiger partial charge is 0.293 e. The van der Waals surface area contributed by atoms with E-state index in [1.54, 1.807) is 0 Å². The molecule has 6 heteroatoms. The molecule has 4 rings (SSSR count). The molecule has 29 heavy (non-hydrogen) atoms. The molecule has 0 spiro atoms. The normalized spacial score (nSPS) is 11.2. The number of carbonyl (C=O) groups is 1. The number of fused-ring (bicyclic) bond motifs is 1. The number of hydrogen-bond donors (Lipinski definition) is 1. The molecule has 0 atom stereocenters. The van der Waals surface area contributed by atoms with Crippen molar-refractivity contribution >= 4 is 49.3 Å². The number of aryl methyl sites for hydroxylation is 3. The number of carbonyl (C=O) groups excluding carboxylic acids is 1. The fraction of sp³-hybridized carbons (Fsp3) is 0.217. The lowest BCUT2D eigenvalue weighted by atomic mass is 10.1. The first-order valence-electron chi connectivity index (χ1n) is 9.59. The minimum absolute atomic E-state index is 0.268. The molecule has 2 heterocycles. The number of anilines is 1. The van der Waals surface area contributed by atoms with Crippen LogP contribution in [0.25, 0.3) is 22.2 Å². The molecule has 4 aromatic rings. The van der Waals surface area contributed by atoms with Gasteiger partial charge in [-0.2, -0.15) is 0 Å². The Hall–Kier alpha value is -2.44. The summed E-state index contributed by atoms with van der Waals surface area (Å²) in [5.41, 5.74) is 4.75. The molecular formula is C23H21BrN2O2S. The van der Waals surface area contributed by atoms with Gasteiger partial charge >= 0.3 is 0 Å². The van der Waals surface area contributed by atoms with Crippen LogP contribution >= 0.6 is 27.3 Å². The fourth-order valence-corrected chi connectivity index (χ4v) is 4.52. The summed E-state index contributed by atoms with van der Waals surface area (Å²) >= 11 is 4.97. The van der Waals surface area contributed by atoms with Crippen LogP contribution in [0.3, 0.4) is 0 Å². The molecule has 0 unspecified atom stereocenters.